The fourth-order valence-corrected chi connectivity index (χ4v) is 2.47. The van der Waals surface area contributed by atoms with Crippen LogP contribution in [-0.4, -0.2) is 49.0 Å². The van der Waals surface area contributed by atoms with Crippen LogP contribution in [-0.2, 0) is 23.9 Å². The predicted octanol–water partition coefficient (Wildman–Crippen LogP) is 3.63. The standard InChI is InChI=1S/C21H27BrO7/c1-15(28-21(25)13-22)5-4-6-20(24)27-16(2)7-8-19(14-23)29-18-11-9-17(26-3)10-12-18/h4,6,9-12,14-16,19H,5,7-8,13H2,1-3H3/b6-4+/t15-,16+,19-/m1/s1. The molecule has 0 heterocycles. The fraction of sp³-hybridized carbons (Fsp3) is 0.476. The molecule has 0 aliphatic carbocycles. The third-order valence-electron chi connectivity index (χ3n) is 3.84. The van der Waals surface area contributed by atoms with Crippen molar-refractivity contribution in [2.75, 3.05) is 12.4 Å². The van der Waals surface area contributed by atoms with Crippen LogP contribution >= 0.6 is 15.9 Å². The van der Waals surface area contributed by atoms with Gasteiger partial charge in [0.1, 0.15) is 22.9 Å². The molecule has 0 amide bonds. The summed E-state index contributed by atoms with van der Waals surface area (Å²) in [6.07, 6.45) is 3.58. The maximum Gasteiger partial charge on any atom is 0.330 e. The van der Waals surface area contributed by atoms with Crippen molar-refractivity contribution in [1.29, 1.82) is 0 Å². The Balaban J connectivity index is 2.35. The molecule has 1 aromatic carbocycles. The molecule has 0 aromatic heterocycles. The minimum atomic E-state index is -0.634. The first kappa shape index (κ1) is 24.7. The summed E-state index contributed by atoms with van der Waals surface area (Å²) in [5, 5.41) is 0.130. The topological polar surface area (TPSA) is 88.1 Å². The van der Waals surface area contributed by atoms with Gasteiger partial charge in [-0.3, -0.25) is 9.59 Å². The van der Waals surface area contributed by atoms with Crippen molar-refractivity contribution in [2.24, 2.45) is 0 Å². The van der Waals surface area contributed by atoms with Crippen LogP contribution in [0.15, 0.2) is 36.4 Å². The Bertz CT molecular complexity index is 672. The third kappa shape index (κ3) is 10.7. The zero-order valence-electron chi connectivity index (χ0n) is 16.8. The van der Waals surface area contributed by atoms with E-state index in [1.807, 2.05) is 0 Å². The molecule has 1 rings (SSSR count). The number of carbonyl (C=O) groups is 3. The Morgan fingerprint density at radius 3 is 2.28 bits per heavy atom. The van der Waals surface area contributed by atoms with Crippen molar-refractivity contribution in [3.63, 3.8) is 0 Å². The predicted molar refractivity (Wildman–Crippen MR) is 111 cm³/mol. The molecule has 0 N–H and O–H groups in total. The Morgan fingerprint density at radius 2 is 1.69 bits per heavy atom. The van der Waals surface area contributed by atoms with Crippen LogP contribution in [0.25, 0.3) is 0 Å². The average Bonchev–Trinajstić information content (AvgIpc) is 2.71. The average molecular weight is 471 g/mol. The Labute approximate surface area is 179 Å². The van der Waals surface area contributed by atoms with E-state index in [0.717, 1.165) is 6.29 Å². The smallest absolute Gasteiger partial charge is 0.330 e. The van der Waals surface area contributed by atoms with Gasteiger partial charge >= 0.3 is 11.9 Å². The molecular weight excluding hydrogens is 444 g/mol. The quantitative estimate of drug-likeness (QED) is 0.188. The number of ether oxygens (including phenoxy) is 4. The Hall–Kier alpha value is -2.35. The zero-order valence-corrected chi connectivity index (χ0v) is 18.4. The van der Waals surface area contributed by atoms with Gasteiger partial charge in [-0.25, -0.2) is 4.79 Å². The maximum absolute atomic E-state index is 11.8. The van der Waals surface area contributed by atoms with Crippen LogP contribution < -0.4 is 9.47 Å². The largest absolute Gasteiger partial charge is 0.497 e. The number of methoxy groups -OCH3 is 1. The molecule has 0 aliphatic rings. The summed E-state index contributed by atoms with van der Waals surface area (Å²) < 4.78 is 21.0. The molecule has 160 valence electrons. The number of esters is 2. The summed E-state index contributed by atoms with van der Waals surface area (Å²) in [5.74, 6) is 0.411. The van der Waals surface area contributed by atoms with Crippen LogP contribution in [0.1, 0.15) is 33.1 Å². The lowest BCUT2D eigenvalue weighted by Crippen LogP contribution is -2.22. The number of benzene rings is 1. The van der Waals surface area contributed by atoms with E-state index in [1.165, 1.54) is 6.08 Å². The van der Waals surface area contributed by atoms with Crippen molar-refractivity contribution in [2.45, 2.75) is 51.4 Å². The van der Waals surface area contributed by atoms with E-state index < -0.39 is 12.1 Å². The molecule has 3 atom stereocenters. The summed E-state index contributed by atoms with van der Waals surface area (Å²) in [6, 6.07) is 6.94. The molecule has 7 nitrogen and oxygen atoms in total. The molecule has 0 bridgehead atoms. The van der Waals surface area contributed by atoms with Gasteiger partial charge < -0.3 is 18.9 Å². The van der Waals surface area contributed by atoms with Gasteiger partial charge in [0.15, 0.2) is 12.4 Å². The summed E-state index contributed by atoms with van der Waals surface area (Å²) in [4.78, 5) is 34.2. The van der Waals surface area contributed by atoms with Crippen LogP contribution in [0.4, 0.5) is 0 Å². The summed E-state index contributed by atoms with van der Waals surface area (Å²) >= 11 is 3.01. The lowest BCUT2D eigenvalue weighted by Gasteiger charge is -2.17. The van der Waals surface area contributed by atoms with Gasteiger partial charge in [-0.15, -0.1) is 0 Å². The zero-order chi connectivity index (χ0) is 21.6. The number of hydrogen-bond donors (Lipinski definition) is 0. The maximum atomic E-state index is 11.8. The van der Waals surface area contributed by atoms with Gasteiger partial charge in [0, 0.05) is 12.5 Å². The highest BCUT2D eigenvalue weighted by Crippen LogP contribution is 2.19. The normalized spacial score (nSPS) is 13.9. The van der Waals surface area contributed by atoms with Crippen LogP contribution in [0.5, 0.6) is 11.5 Å². The second-order valence-electron chi connectivity index (χ2n) is 6.36. The van der Waals surface area contributed by atoms with Gasteiger partial charge in [-0.05, 0) is 51.0 Å². The molecule has 0 radical (unpaired) electrons. The van der Waals surface area contributed by atoms with Crippen molar-refractivity contribution >= 4 is 34.2 Å². The van der Waals surface area contributed by atoms with Gasteiger partial charge in [0.05, 0.1) is 13.2 Å². The lowest BCUT2D eigenvalue weighted by atomic mass is 10.1. The number of hydrogen-bond acceptors (Lipinski definition) is 7. The molecular formula is C21H27BrO7. The fourth-order valence-electron chi connectivity index (χ4n) is 2.34. The molecule has 0 fully saturated rings. The Morgan fingerprint density at radius 1 is 1.03 bits per heavy atom. The van der Waals surface area contributed by atoms with Crippen molar-refractivity contribution in [3.8, 4) is 11.5 Å². The first-order valence-corrected chi connectivity index (χ1v) is 10.4. The molecule has 0 saturated heterocycles. The van der Waals surface area contributed by atoms with Crippen molar-refractivity contribution in [1.82, 2.24) is 0 Å². The second kappa shape index (κ2) is 13.8. The highest BCUT2D eigenvalue weighted by atomic mass is 79.9. The monoisotopic (exact) mass is 470 g/mol. The van der Waals surface area contributed by atoms with Gasteiger partial charge in [-0.2, -0.15) is 0 Å². The van der Waals surface area contributed by atoms with Crippen LogP contribution in [0, 0.1) is 0 Å². The highest BCUT2D eigenvalue weighted by Gasteiger charge is 2.14. The number of aldehydes is 1. The number of alkyl halides is 1. The van der Waals surface area contributed by atoms with Crippen molar-refractivity contribution < 1.29 is 33.3 Å². The van der Waals surface area contributed by atoms with E-state index in [2.05, 4.69) is 15.9 Å². The molecule has 0 spiro atoms. The van der Waals surface area contributed by atoms with Crippen LogP contribution in [0.2, 0.25) is 0 Å². The summed E-state index contributed by atoms with van der Waals surface area (Å²) in [5.41, 5.74) is 0. The molecule has 0 unspecified atom stereocenters. The van der Waals surface area contributed by atoms with Gasteiger partial charge in [-0.1, -0.05) is 22.0 Å². The third-order valence-corrected chi connectivity index (χ3v) is 4.30. The van der Waals surface area contributed by atoms with Crippen LogP contribution in [0.3, 0.4) is 0 Å². The van der Waals surface area contributed by atoms with E-state index in [-0.39, 0.29) is 23.5 Å². The molecule has 1 aromatic rings. The van der Waals surface area contributed by atoms with E-state index in [4.69, 9.17) is 18.9 Å². The van der Waals surface area contributed by atoms with E-state index >= 15 is 0 Å². The first-order chi connectivity index (χ1) is 13.9. The SMILES string of the molecule is COc1ccc(O[C@@H](C=O)CC[C@H](C)OC(=O)/C=C/C[C@@H](C)OC(=O)CBr)cc1. The Kier molecular flexibility index (Phi) is 11.7. The lowest BCUT2D eigenvalue weighted by molar-refractivity contribution is -0.144. The first-order valence-electron chi connectivity index (χ1n) is 9.26. The molecule has 29 heavy (non-hydrogen) atoms. The molecule has 8 heteroatoms. The highest BCUT2D eigenvalue weighted by molar-refractivity contribution is 9.09. The summed E-state index contributed by atoms with van der Waals surface area (Å²) in [6.45, 7) is 3.49. The van der Waals surface area contributed by atoms with Gasteiger partial charge in [0.2, 0.25) is 0 Å². The van der Waals surface area contributed by atoms with Crippen molar-refractivity contribution in [3.05, 3.63) is 36.4 Å². The molecule has 0 aliphatic heterocycles. The number of rotatable bonds is 13. The number of carbonyl (C=O) groups excluding carboxylic acids is 3. The minimum Gasteiger partial charge on any atom is -0.497 e. The number of halogens is 1. The minimum absolute atomic E-state index is 0.130. The van der Waals surface area contributed by atoms with E-state index in [1.54, 1.807) is 51.3 Å². The van der Waals surface area contributed by atoms with E-state index in [9.17, 15) is 14.4 Å². The summed E-state index contributed by atoms with van der Waals surface area (Å²) in [7, 11) is 1.57. The van der Waals surface area contributed by atoms with Gasteiger partial charge in [0.25, 0.3) is 0 Å². The van der Waals surface area contributed by atoms with E-state index in [0.29, 0.717) is 30.8 Å². The second-order valence-corrected chi connectivity index (χ2v) is 6.93. The molecule has 0 saturated carbocycles.